The summed E-state index contributed by atoms with van der Waals surface area (Å²) >= 11 is 0. The summed E-state index contributed by atoms with van der Waals surface area (Å²) in [6.07, 6.45) is -0.110. The van der Waals surface area contributed by atoms with Crippen molar-refractivity contribution in [1.29, 1.82) is 0 Å². The third kappa shape index (κ3) is 6.61. The number of carbonyl (C=O) groups is 3. The molecule has 35 heavy (non-hydrogen) atoms. The Balaban J connectivity index is 1.74. The molecule has 8 nitrogen and oxygen atoms in total. The number of fused-ring (bicyclic) bond motifs is 1. The van der Waals surface area contributed by atoms with Crippen LogP contribution in [-0.2, 0) is 16.0 Å². The number of hydrogen-bond donors (Lipinski definition) is 1. The number of nitrogens with zero attached hydrogens (tertiary/aromatic N) is 3. The molecule has 3 rings (SSSR count). The average molecular weight is 495 g/mol. The lowest BCUT2D eigenvalue weighted by Crippen LogP contribution is -2.46. The maximum atomic E-state index is 14.6. The summed E-state index contributed by atoms with van der Waals surface area (Å²) < 4.78 is 34.0. The van der Waals surface area contributed by atoms with Gasteiger partial charge in [0.1, 0.15) is 17.2 Å². The zero-order valence-corrected chi connectivity index (χ0v) is 21.4. The number of urea groups is 1. The number of rotatable bonds is 5. The first-order valence-corrected chi connectivity index (χ1v) is 11.9. The largest absolute Gasteiger partial charge is 0.444 e. The topological polar surface area (TPSA) is 82.2 Å². The van der Waals surface area contributed by atoms with Crippen LogP contribution in [-0.4, -0.2) is 84.1 Å². The molecule has 1 aromatic carbocycles. The summed E-state index contributed by atoms with van der Waals surface area (Å²) in [5, 5.41) is 2.67. The van der Waals surface area contributed by atoms with Gasteiger partial charge in [0.2, 0.25) is 5.91 Å². The van der Waals surface area contributed by atoms with E-state index in [0.717, 1.165) is 18.6 Å². The molecule has 1 N–H and O–H groups in total. The fourth-order valence-corrected chi connectivity index (χ4v) is 4.80. The molecular weight excluding hydrogens is 458 g/mol. The van der Waals surface area contributed by atoms with Gasteiger partial charge in [-0.1, -0.05) is 0 Å². The molecule has 2 fully saturated rings. The van der Waals surface area contributed by atoms with Gasteiger partial charge >= 0.3 is 12.1 Å². The minimum Gasteiger partial charge on any atom is -0.444 e. The first-order chi connectivity index (χ1) is 16.2. The van der Waals surface area contributed by atoms with Crippen molar-refractivity contribution in [2.75, 3.05) is 33.7 Å². The number of benzene rings is 1. The van der Waals surface area contributed by atoms with Crippen LogP contribution in [0.15, 0.2) is 12.1 Å². The second-order valence-electron chi connectivity index (χ2n) is 10.7. The first-order valence-electron chi connectivity index (χ1n) is 11.9. The van der Waals surface area contributed by atoms with Crippen molar-refractivity contribution in [1.82, 2.24) is 20.0 Å². The number of aryl methyl sites for hydroxylation is 1. The third-order valence-electron chi connectivity index (χ3n) is 6.46. The molecule has 2 aliphatic rings. The third-order valence-corrected chi connectivity index (χ3v) is 6.46. The SMILES string of the molecule is Cc1cc(F)c(CC(CC(=O)N2CCC3CN(C(=O)N(C)C)CC32)NC(=O)OC(C)(C)C)cc1F. The number of amides is 4. The van der Waals surface area contributed by atoms with Crippen LogP contribution in [0.3, 0.4) is 0 Å². The summed E-state index contributed by atoms with van der Waals surface area (Å²) in [7, 11) is 3.39. The van der Waals surface area contributed by atoms with Gasteiger partial charge in [0.25, 0.3) is 0 Å². The minimum absolute atomic E-state index is 0.0683. The normalized spacial score (nSPS) is 20.5. The standard InChI is InChI=1S/C25H36F2N4O4/c1-15-9-20(27)17(11-19(15)26)10-18(28-23(33)35-25(2,3)4)12-22(32)31-8-7-16-13-30(14-21(16)31)24(34)29(5)6/h9,11,16,18,21H,7-8,10,12-14H2,1-6H3,(H,28,33). The molecule has 0 radical (unpaired) electrons. The van der Waals surface area contributed by atoms with Gasteiger partial charge in [-0.05, 0) is 63.8 Å². The molecule has 2 aliphatic heterocycles. The maximum Gasteiger partial charge on any atom is 0.407 e. The number of alkyl carbamates (subject to hydrolysis) is 1. The van der Waals surface area contributed by atoms with Crippen molar-refractivity contribution in [2.24, 2.45) is 5.92 Å². The van der Waals surface area contributed by atoms with Crippen LogP contribution in [0.2, 0.25) is 0 Å². The van der Waals surface area contributed by atoms with Crippen molar-refractivity contribution in [3.05, 3.63) is 34.9 Å². The Labute approximate surface area is 205 Å². The van der Waals surface area contributed by atoms with Gasteiger partial charge in [0.05, 0.1) is 6.04 Å². The highest BCUT2D eigenvalue weighted by Crippen LogP contribution is 2.32. The number of halogens is 2. The van der Waals surface area contributed by atoms with E-state index in [0.29, 0.717) is 19.6 Å². The minimum atomic E-state index is -0.797. The van der Waals surface area contributed by atoms with E-state index in [1.54, 1.807) is 44.7 Å². The Hall–Kier alpha value is -2.91. The number of ether oxygens (including phenoxy) is 1. The predicted octanol–water partition coefficient (Wildman–Crippen LogP) is 3.31. The van der Waals surface area contributed by atoms with Gasteiger partial charge in [-0.25, -0.2) is 18.4 Å². The smallest absolute Gasteiger partial charge is 0.407 e. The molecule has 0 saturated carbocycles. The number of nitrogens with one attached hydrogen (secondary N) is 1. The Morgan fingerprint density at radius 1 is 1.17 bits per heavy atom. The molecule has 0 aromatic heterocycles. The summed E-state index contributed by atoms with van der Waals surface area (Å²) in [6.45, 7) is 8.23. The van der Waals surface area contributed by atoms with E-state index in [1.807, 2.05) is 0 Å². The zero-order chi connectivity index (χ0) is 26.1. The van der Waals surface area contributed by atoms with Crippen molar-refractivity contribution < 1.29 is 27.9 Å². The van der Waals surface area contributed by atoms with Crippen molar-refractivity contribution in [3.8, 4) is 0 Å². The van der Waals surface area contributed by atoms with Crippen LogP contribution >= 0.6 is 0 Å². The Kier molecular flexibility index (Phi) is 7.91. The molecule has 194 valence electrons. The van der Waals surface area contributed by atoms with Crippen LogP contribution < -0.4 is 5.32 Å². The maximum absolute atomic E-state index is 14.6. The molecule has 0 bridgehead atoms. The lowest BCUT2D eigenvalue weighted by molar-refractivity contribution is -0.132. The van der Waals surface area contributed by atoms with Crippen LogP contribution in [0.5, 0.6) is 0 Å². The summed E-state index contributed by atoms with van der Waals surface area (Å²) in [5.41, 5.74) is -0.501. The highest BCUT2D eigenvalue weighted by Gasteiger charge is 2.45. The second kappa shape index (κ2) is 10.4. The van der Waals surface area contributed by atoms with E-state index in [1.165, 1.54) is 11.8 Å². The highest BCUT2D eigenvalue weighted by molar-refractivity contribution is 5.79. The average Bonchev–Trinajstić information content (AvgIpc) is 3.30. The Morgan fingerprint density at radius 3 is 2.49 bits per heavy atom. The quantitative estimate of drug-likeness (QED) is 0.681. The second-order valence-corrected chi connectivity index (χ2v) is 10.7. The number of carbonyl (C=O) groups excluding carboxylic acids is 3. The van der Waals surface area contributed by atoms with Gasteiger partial charge in [-0.15, -0.1) is 0 Å². The molecule has 1 aromatic rings. The summed E-state index contributed by atoms with van der Waals surface area (Å²) in [5.74, 6) is -1.15. The number of hydrogen-bond acceptors (Lipinski definition) is 4. The van der Waals surface area contributed by atoms with Crippen molar-refractivity contribution in [3.63, 3.8) is 0 Å². The molecule has 10 heteroatoms. The van der Waals surface area contributed by atoms with E-state index in [2.05, 4.69) is 5.32 Å². The summed E-state index contributed by atoms with van der Waals surface area (Å²) in [6, 6.07) is 1.23. The van der Waals surface area contributed by atoms with Crippen molar-refractivity contribution >= 4 is 18.0 Å². The fourth-order valence-electron chi connectivity index (χ4n) is 4.80. The van der Waals surface area contributed by atoms with Crippen LogP contribution in [0.4, 0.5) is 18.4 Å². The van der Waals surface area contributed by atoms with E-state index in [-0.39, 0.29) is 47.9 Å². The Bertz CT molecular complexity index is 979. The monoisotopic (exact) mass is 494 g/mol. The van der Waals surface area contributed by atoms with Gasteiger partial charge in [0, 0.05) is 52.1 Å². The van der Waals surface area contributed by atoms with Gasteiger partial charge in [-0.3, -0.25) is 4.79 Å². The van der Waals surface area contributed by atoms with Gasteiger partial charge < -0.3 is 24.8 Å². The molecular formula is C25H36F2N4O4. The van der Waals surface area contributed by atoms with Crippen LogP contribution in [0.25, 0.3) is 0 Å². The molecule has 2 saturated heterocycles. The fraction of sp³-hybridized carbons (Fsp3) is 0.640. The summed E-state index contributed by atoms with van der Waals surface area (Å²) in [4.78, 5) is 43.2. The van der Waals surface area contributed by atoms with Gasteiger partial charge in [0.15, 0.2) is 0 Å². The molecule has 4 amide bonds. The lowest BCUT2D eigenvalue weighted by atomic mass is 10.00. The molecule has 2 heterocycles. The van der Waals surface area contributed by atoms with Crippen molar-refractivity contribution in [2.45, 2.75) is 64.6 Å². The van der Waals surface area contributed by atoms with Crippen LogP contribution in [0, 0.1) is 24.5 Å². The van der Waals surface area contributed by atoms with E-state index >= 15 is 0 Å². The number of likely N-dealkylation sites (tertiary alicyclic amines) is 2. The van der Waals surface area contributed by atoms with E-state index in [9.17, 15) is 23.2 Å². The predicted molar refractivity (Wildman–Crippen MR) is 127 cm³/mol. The zero-order valence-electron chi connectivity index (χ0n) is 21.4. The van der Waals surface area contributed by atoms with E-state index in [4.69, 9.17) is 4.74 Å². The van der Waals surface area contributed by atoms with Gasteiger partial charge in [-0.2, -0.15) is 0 Å². The molecule has 0 aliphatic carbocycles. The lowest BCUT2D eigenvalue weighted by Gasteiger charge is -2.28. The molecule has 3 unspecified atom stereocenters. The molecule has 3 atom stereocenters. The highest BCUT2D eigenvalue weighted by atomic mass is 19.1. The Morgan fingerprint density at radius 2 is 1.86 bits per heavy atom. The van der Waals surface area contributed by atoms with Crippen LogP contribution in [0.1, 0.15) is 44.7 Å². The molecule has 0 spiro atoms. The van der Waals surface area contributed by atoms with E-state index < -0.39 is 29.4 Å². The first kappa shape index (κ1) is 26.7.